The molecule has 80 valence electrons. The normalized spacial score (nSPS) is 11.9. The first-order valence-corrected chi connectivity index (χ1v) is 4.52. The lowest BCUT2D eigenvalue weighted by molar-refractivity contribution is -0.143. The zero-order valence-corrected chi connectivity index (χ0v) is 8.34. The molecule has 15 heavy (non-hydrogen) atoms. The summed E-state index contributed by atoms with van der Waals surface area (Å²) in [5.41, 5.74) is 0.400. The summed E-state index contributed by atoms with van der Waals surface area (Å²) in [5, 5.41) is 9.39. The number of aliphatic hydroxyl groups is 1. The fourth-order valence-electron chi connectivity index (χ4n) is 1.07. The number of Topliss-reactive ketones (excluding diaryl/α,β-unsaturated/α-hetero) is 1. The number of carbonyl (C=O) groups excluding carboxylic acids is 2. The van der Waals surface area contributed by atoms with Crippen molar-refractivity contribution in [2.24, 2.45) is 0 Å². The Bertz CT molecular complexity index is 345. The number of ether oxygens (including phenoxy) is 1. The highest BCUT2D eigenvalue weighted by Gasteiger charge is 2.17. The minimum atomic E-state index is -1.30. The first kappa shape index (κ1) is 11.4. The van der Waals surface area contributed by atoms with Crippen LogP contribution in [0.25, 0.3) is 0 Å². The van der Waals surface area contributed by atoms with Gasteiger partial charge in [0.05, 0.1) is 0 Å². The van der Waals surface area contributed by atoms with Crippen molar-refractivity contribution in [3.63, 3.8) is 0 Å². The van der Waals surface area contributed by atoms with Crippen molar-refractivity contribution in [1.29, 1.82) is 0 Å². The summed E-state index contributed by atoms with van der Waals surface area (Å²) in [7, 11) is 0. The summed E-state index contributed by atoms with van der Waals surface area (Å²) in [5.74, 6) is -0.966. The molecule has 0 aliphatic rings. The van der Waals surface area contributed by atoms with Crippen LogP contribution >= 0.6 is 0 Å². The highest BCUT2D eigenvalue weighted by Crippen LogP contribution is 2.03. The van der Waals surface area contributed by atoms with Gasteiger partial charge < -0.3 is 9.84 Å². The fraction of sp³-hybridized carbons (Fsp3) is 0.273. The molecular formula is C11H12O4. The van der Waals surface area contributed by atoms with Gasteiger partial charge in [-0.25, -0.2) is 0 Å². The summed E-state index contributed by atoms with van der Waals surface area (Å²) >= 11 is 0. The molecule has 0 spiro atoms. The van der Waals surface area contributed by atoms with Crippen molar-refractivity contribution in [3.8, 4) is 0 Å². The largest absolute Gasteiger partial charge is 0.463 e. The van der Waals surface area contributed by atoms with Crippen molar-refractivity contribution >= 4 is 11.8 Å². The number of aliphatic hydroxyl groups excluding tert-OH is 1. The summed E-state index contributed by atoms with van der Waals surface area (Å²) in [6.07, 6.45) is -1.30. The van der Waals surface area contributed by atoms with Crippen molar-refractivity contribution in [2.45, 2.75) is 13.0 Å². The van der Waals surface area contributed by atoms with E-state index in [2.05, 4.69) is 4.74 Å². The number of esters is 1. The molecule has 4 nitrogen and oxygen atoms in total. The molecule has 0 aromatic heterocycles. The number of hydrogen-bond acceptors (Lipinski definition) is 4. The monoisotopic (exact) mass is 208 g/mol. The Hall–Kier alpha value is -1.68. The van der Waals surface area contributed by atoms with Gasteiger partial charge in [-0.2, -0.15) is 0 Å². The predicted molar refractivity (Wildman–Crippen MR) is 53.4 cm³/mol. The Morgan fingerprint density at radius 1 is 1.33 bits per heavy atom. The van der Waals surface area contributed by atoms with E-state index in [4.69, 9.17) is 0 Å². The van der Waals surface area contributed by atoms with E-state index in [9.17, 15) is 14.7 Å². The van der Waals surface area contributed by atoms with Crippen LogP contribution in [0.5, 0.6) is 0 Å². The molecule has 1 N–H and O–H groups in total. The molecule has 0 aliphatic carbocycles. The third-order valence-corrected chi connectivity index (χ3v) is 1.81. The molecule has 0 bridgehead atoms. The van der Waals surface area contributed by atoms with Crippen LogP contribution in [0.15, 0.2) is 30.3 Å². The molecule has 0 aliphatic heterocycles. The van der Waals surface area contributed by atoms with Crippen molar-refractivity contribution in [2.75, 3.05) is 6.61 Å². The SMILES string of the molecule is CC(=O)OCC(O)C(=O)c1ccccc1. The lowest BCUT2D eigenvalue weighted by Crippen LogP contribution is -2.27. The van der Waals surface area contributed by atoms with E-state index >= 15 is 0 Å². The minimum absolute atomic E-state index is 0.303. The van der Waals surface area contributed by atoms with Gasteiger partial charge in [0.15, 0.2) is 11.9 Å². The molecule has 1 rings (SSSR count). The van der Waals surface area contributed by atoms with Gasteiger partial charge in [0.25, 0.3) is 0 Å². The summed E-state index contributed by atoms with van der Waals surface area (Å²) < 4.78 is 4.54. The molecule has 0 saturated carbocycles. The Labute approximate surface area is 87.5 Å². The van der Waals surface area contributed by atoms with Crippen LogP contribution in [0.3, 0.4) is 0 Å². The van der Waals surface area contributed by atoms with Gasteiger partial charge in [-0.1, -0.05) is 30.3 Å². The molecule has 0 radical (unpaired) electrons. The molecule has 4 heteroatoms. The van der Waals surface area contributed by atoms with Gasteiger partial charge in [-0.05, 0) is 0 Å². The fourth-order valence-corrected chi connectivity index (χ4v) is 1.07. The molecule has 1 aromatic rings. The van der Waals surface area contributed by atoms with Gasteiger partial charge in [0.1, 0.15) is 6.61 Å². The smallest absolute Gasteiger partial charge is 0.302 e. The molecule has 0 heterocycles. The second-order valence-corrected chi connectivity index (χ2v) is 3.05. The van der Waals surface area contributed by atoms with Crippen LogP contribution in [0.4, 0.5) is 0 Å². The Morgan fingerprint density at radius 3 is 2.47 bits per heavy atom. The molecule has 1 aromatic carbocycles. The van der Waals surface area contributed by atoms with Crippen LogP contribution in [-0.2, 0) is 9.53 Å². The van der Waals surface area contributed by atoms with E-state index in [1.165, 1.54) is 6.92 Å². The number of ketones is 1. The highest BCUT2D eigenvalue weighted by molar-refractivity contribution is 5.99. The quantitative estimate of drug-likeness (QED) is 0.587. The number of benzene rings is 1. The van der Waals surface area contributed by atoms with E-state index in [1.807, 2.05) is 0 Å². The van der Waals surface area contributed by atoms with Gasteiger partial charge >= 0.3 is 5.97 Å². The molecular weight excluding hydrogens is 196 g/mol. The van der Waals surface area contributed by atoms with E-state index in [1.54, 1.807) is 30.3 Å². The maximum atomic E-state index is 11.5. The zero-order valence-electron chi connectivity index (χ0n) is 8.34. The molecule has 1 unspecified atom stereocenters. The summed E-state index contributed by atoms with van der Waals surface area (Å²) in [6, 6.07) is 8.37. The van der Waals surface area contributed by atoms with Crippen molar-refractivity contribution in [1.82, 2.24) is 0 Å². The molecule has 1 atom stereocenters. The highest BCUT2D eigenvalue weighted by atomic mass is 16.5. The van der Waals surface area contributed by atoms with E-state index in [0.717, 1.165) is 0 Å². The third-order valence-electron chi connectivity index (χ3n) is 1.81. The number of hydrogen-bond donors (Lipinski definition) is 1. The van der Waals surface area contributed by atoms with E-state index in [-0.39, 0.29) is 6.61 Å². The predicted octanol–water partition coefficient (Wildman–Crippen LogP) is 0.793. The van der Waals surface area contributed by atoms with Crippen LogP contribution in [0.1, 0.15) is 17.3 Å². The standard InChI is InChI=1S/C11H12O4/c1-8(12)15-7-10(13)11(14)9-5-3-2-4-6-9/h2-6,10,13H,7H2,1H3. The second-order valence-electron chi connectivity index (χ2n) is 3.05. The summed E-state index contributed by atoms with van der Waals surface area (Å²) in [4.78, 5) is 22.0. The average Bonchev–Trinajstić information content (AvgIpc) is 2.26. The minimum Gasteiger partial charge on any atom is -0.463 e. The maximum Gasteiger partial charge on any atom is 0.302 e. The number of carbonyl (C=O) groups is 2. The zero-order chi connectivity index (χ0) is 11.3. The van der Waals surface area contributed by atoms with E-state index in [0.29, 0.717) is 5.56 Å². The van der Waals surface area contributed by atoms with Crippen LogP contribution in [-0.4, -0.2) is 29.6 Å². The summed E-state index contributed by atoms with van der Waals surface area (Å²) in [6.45, 7) is 0.919. The lowest BCUT2D eigenvalue weighted by atomic mass is 10.1. The maximum absolute atomic E-state index is 11.5. The van der Waals surface area contributed by atoms with Crippen LogP contribution < -0.4 is 0 Å². The van der Waals surface area contributed by atoms with Crippen molar-refractivity contribution < 1.29 is 19.4 Å². The first-order valence-electron chi connectivity index (χ1n) is 4.52. The Kier molecular flexibility index (Phi) is 4.00. The van der Waals surface area contributed by atoms with Gasteiger partial charge in [-0.3, -0.25) is 9.59 Å². The number of rotatable bonds is 4. The third kappa shape index (κ3) is 3.52. The topological polar surface area (TPSA) is 63.6 Å². The van der Waals surface area contributed by atoms with Gasteiger partial charge in [0, 0.05) is 12.5 Å². The lowest BCUT2D eigenvalue weighted by Gasteiger charge is -2.08. The second kappa shape index (κ2) is 5.26. The van der Waals surface area contributed by atoms with Gasteiger partial charge in [0.2, 0.25) is 0 Å². The van der Waals surface area contributed by atoms with Gasteiger partial charge in [-0.15, -0.1) is 0 Å². The van der Waals surface area contributed by atoms with Crippen LogP contribution in [0, 0.1) is 0 Å². The molecule has 0 fully saturated rings. The Morgan fingerprint density at radius 2 is 1.93 bits per heavy atom. The Balaban J connectivity index is 2.57. The van der Waals surface area contributed by atoms with Crippen LogP contribution in [0.2, 0.25) is 0 Å². The average molecular weight is 208 g/mol. The molecule has 0 saturated heterocycles. The van der Waals surface area contributed by atoms with E-state index < -0.39 is 17.9 Å². The molecule has 0 amide bonds. The van der Waals surface area contributed by atoms with Crippen molar-refractivity contribution in [3.05, 3.63) is 35.9 Å². The first-order chi connectivity index (χ1) is 7.11.